The fraction of sp³-hybridized carbons (Fsp3) is 0.125. The maximum atomic E-state index is 6.16. The van der Waals surface area contributed by atoms with Crippen LogP contribution in [0.4, 0.5) is 0 Å². The van der Waals surface area contributed by atoms with Crippen molar-refractivity contribution in [1.29, 1.82) is 0 Å². The number of aryl methyl sites for hydroxylation is 1. The number of nitrogens with two attached hydrogens (primary N) is 1. The fourth-order valence-corrected chi connectivity index (χ4v) is 3.17. The minimum atomic E-state index is 0.654. The molecule has 0 aliphatic heterocycles. The Kier molecular flexibility index (Phi) is 4.36. The summed E-state index contributed by atoms with van der Waals surface area (Å²) >= 11 is 7.67. The van der Waals surface area contributed by atoms with Gasteiger partial charge in [-0.15, -0.1) is 10.2 Å². The van der Waals surface area contributed by atoms with E-state index in [4.69, 9.17) is 17.4 Å². The Hall–Kier alpha value is -1.98. The van der Waals surface area contributed by atoms with Gasteiger partial charge in [-0.2, -0.15) is 0 Å². The van der Waals surface area contributed by atoms with E-state index < -0.39 is 0 Å². The highest BCUT2D eigenvalue weighted by atomic mass is 35.5. The second-order valence-electron chi connectivity index (χ2n) is 4.92. The van der Waals surface area contributed by atoms with Gasteiger partial charge in [0.2, 0.25) is 5.16 Å². The maximum Gasteiger partial charge on any atom is 0.210 e. The van der Waals surface area contributed by atoms with E-state index in [1.807, 2.05) is 55.5 Å². The van der Waals surface area contributed by atoms with Gasteiger partial charge in [0.25, 0.3) is 0 Å². The zero-order valence-electron chi connectivity index (χ0n) is 12.0. The van der Waals surface area contributed by atoms with E-state index in [2.05, 4.69) is 10.2 Å². The molecule has 1 aromatic heterocycles. The van der Waals surface area contributed by atoms with Gasteiger partial charge in [-0.05, 0) is 18.6 Å². The summed E-state index contributed by atoms with van der Waals surface area (Å²) in [5, 5.41) is 9.76. The smallest absolute Gasteiger partial charge is 0.210 e. The summed E-state index contributed by atoms with van der Waals surface area (Å²) in [7, 11) is 0. The maximum absolute atomic E-state index is 6.16. The zero-order valence-corrected chi connectivity index (χ0v) is 13.6. The number of rotatable bonds is 4. The number of hydrogen-bond donors (Lipinski definition) is 1. The molecule has 6 heteroatoms. The SMILES string of the molecule is Cc1ccc(-c2nnc(SCc3ccccc3Cl)n2N)cc1. The molecule has 112 valence electrons. The van der Waals surface area contributed by atoms with Crippen LogP contribution in [0.5, 0.6) is 0 Å². The van der Waals surface area contributed by atoms with Crippen LogP contribution < -0.4 is 5.84 Å². The van der Waals surface area contributed by atoms with Crippen molar-refractivity contribution in [3.63, 3.8) is 0 Å². The third-order valence-electron chi connectivity index (χ3n) is 3.29. The van der Waals surface area contributed by atoms with E-state index in [0.29, 0.717) is 16.7 Å². The minimum absolute atomic E-state index is 0.654. The third kappa shape index (κ3) is 3.10. The summed E-state index contributed by atoms with van der Waals surface area (Å²) in [5.74, 6) is 7.47. The number of halogens is 1. The van der Waals surface area contributed by atoms with Crippen LogP contribution in [0.25, 0.3) is 11.4 Å². The van der Waals surface area contributed by atoms with Gasteiger partial charge in [-0.25, -0.2) is 4.68 Å². The van der Waals surface area contributed by atoms with Crippen LogP contribution in [0.15, 0.2) is 53.7 Å². The van der Waals surface area contributed by atoms with Gasteiger partial charge in [0.05, 0.1) is 0 Å². The molecule has 0 unspecified atom stereocenters. The fourth-order valence-electron chi connectivity index (χ4n) is 2.03. The van der Waals surface area contributed by atoms with Crippen LogP contribution in [-0.2, 0) is 5.75 Å². The molecule has 0 saturated carbocycles. The first kappa shape index (κ1) is 14.9. The molecule has 0 saturated heterocycles. The average Bonchev–Trinajstić information content (AvgIpc) is 2.88. The molecule has 0 radical (unpaired) electrons. The predicted octanol–water partition coefficient (Wildman–Crippen LogP) is 3.91. The predicted molar refractivity (Wildman–Crippen MR) is 91.4 cm³/mol. The molecule has 22 heavy (non-hydrogen) atoms. The van der Waals surface area contributed by atoms with E-state index in [1.54, 1.807) is 0 Å². The van der Waals surface area contributed by atoms with Gasteiger partial charge in [0, 0.05) is 16.3 Å². The highest BCUT2D eigenvalue weighted by molar-refractivity contribution is 7.98. The second kappa shape index (κ2) is 6.42. The van der Waals surface area contributed by atoms with E-state index in [-0.39, 0.29) is 0 Å². The summed E-state index contributed by atoms with van der Waals surface area (Å²) in [6.07, 6.45) is 0. The van der Waals surface area contributed by atoms with Crippen molar-refractivity contribution in [1.82, 2.24) is 14.9 Å². The van der Waals surface area contributed by atoms with Crippen LogP contribution in [0.2, 0.25) is 5.02 Å². The van der Waals surface area contributed by atoms with Crippen molar-refractivity contribution in [2.24, 2.45) is 0 Å². The zero-order chi connectivity index (χ0) is 15.5. The topological polar surface area (TPSA) is 56.7 Å². The van der Waals surface area contributed by atoms with E-state index >= 15 is 0 Å². The number of aromatic nitrogens is 3. The monoisotopic (exact) mass is 330 g/mol. The molecular weight excluding hydrogens is 316 g/mol. The average molecular weight is 331 g/mol. The van der Waals surface area contributed by atoms with Crippen molar-refractivity contribution < 1.29 is 0 Å². The summed E-state index contributed by atoms with van der Waals surface area (Å²) in [5.41, 5.74) is 3.19. The Morgan fingerprint density at radius 3 is 2.55 bits per heavy atom. The molecule has 0 bridgehead atoms. The van der Waals surface area contributed by atoms with Gasteiger partial charge in [-0.3, -0.25) is 0 Å². The molecule has 0 spiro atoms. The molecule has 0 aliphatic carbocycles. The molecule has 3 rings (SSSR count). The lowest BCUT2D eigenvalue weighted by atomic mass is 10.1. The van der Waals surface area contributed by atoms with Crippen LogP contribution in [0, 0.1) is 6.92 Å². The summed E-state index contributed by atoms with van der Waals surface area (Å²) in [4.78, 5) is 0. The Bertz CT molecular complexity index is 783. The lowest BCUT2D eigenvalue weighted by Crippen LogP contribution is -2.11. The van der Waals surface area contributed by atoms with Crippen LogP contribution in [-0.4, -0.2) is 14.9 Å². The van der Waals surface area contributed by atoms with Gasteiger partial charge in [0.15, 0.2) is 5.82 Å². The second-order valence-corrected chi connectivity index (χ2v) is 6.27. The van der Waals surface area contributed by atoms with Gasteiger partial charge in [0.1, 0.15) is 0 Å². The Labute approximate surface area is 138 Å². The Morgan fingerprint density at radius 1 is 1.09 bits per heavy atom. The molecule has 0 aliphatic rings. The van der Waals surface area contributed by atoms with E-state index in [1.165, 1.54) is 22.0 Å². The molecular formula is C16H15ClN4S. The lowest BCUT2D eigenvalue weighted by Gasteiger charge is -2.05. The van der Waals surface area contributed by atoms with Gasteiger partial charge in [-0.1, -0.05) is 71.4 Å². The molecule has 2 aromatic carbocycles. The molecule has 2 N–H and O–H groups in total. The highest BCUT2D eigenvalue weighted by Gasteiger charge is 2.12. The van der Waals surface area contributed by atoms with Crippen molar-refractivity contribution in [3.05, 3.63) is 64.7 Å². The first-order valence-electron chi connectivity index (χ1n) is 6.79. The summed E-state index contributed by atoms with van der Waals surface area (Å²) < 4.78 is 1.52. The van der Waals surface area contributed by atoms with Crippen molar-refractivity contribution >= 4 is 23.4 Å². The molecule has 4 nitrogen and oxygen atoms in total. The van der Waals surface area contributed by atoms with Crippen molar-refractivity contribution in [2.75, 3.05) is 5.84 Å². The van der Waals surface area contributed by atoms with Gasteiger partial charge >= 0.3 is 0 Å². The molecule has 0 atom stereocenters. The number of benzene rings is 2. The quantitative estimate of drug-likeness (QED) is 0.582. The Morgan fingerprint density at radius 2 is 1.82 bits per heavy atom. The summed E-state index contributed by atoms with van der Waals surface area (Å²) in [6, 6.07) is 15.8. The van der Waals surface area contributed by atoms with Crippen molar-refractivity contribution in [2.45, 2.75) is 17.8 Å². The Balaban J connectivity index is 1.79. The van der Waals surface area contributed by atoms with E-state index in [0.717, 1.165) is 16.1 Å². The molecule has 0 amide bonds. The molecule has 0 fully saturated rings. The standard InChI is InChI=1S/C16H15ClN4S/c1-11-6-8-12(9-7-11)15-19-20-16(21(15)18)22-10-13-4-2-3-5-14(13)17/h2-9H,10,18H2,1H3. The molecule has 3 aromatic rings. The van der Waals surface area contributed by atoms with Gasteiger partial charge < -0.3 is 5.84 Å². The number of hydrogen-bond acceptors (Lipinski definition) is 4. The first-order chi connectivity index (χ1) is 10.6. The molecule has 1 heterocycles. The highest BCUT2D eigenvalue weighted by Crippen LogP contribution is 2.27. The third-order valence-corrected chi connectivity index (χ3v) is 4.65. The number of nitrogen functional groups attached to an aromatic ring is 1. The number of thioether (sulfide) groups is 1. The van der Waals surface area contributed by atoms with Crippen LogP contribution in [0.3, 0.4) is 0 Å². The first-order valence-corrected chi connectivity index (χ1v) is 8.15. The van der Waals surface area contributed by atoms with Crippen molar-refractivity contribution in [3.8, 4) is 11.4 Å². The van der Waals surface area contributed by atoms with Crippen LogP contribution >= 0.6 is 23.4 Å². The number of nitrogens with zero attached hydrogens (tertiary/aromatic N) is 3. The normalized spacial score (nSPS) is 10.8. The van der Waals surface area contributed by atoms with E-state index in [9.17, 15) is 0 Å². The minimum Gasteiger partial charge on any atom is -0.335 e. The lowest BCUT2D eigenvalue weighted by molar-refractivity contribution is 0.849. The summed E-state index contributed by atoms with van der Waals surface area (Å²) in [6.45, 7) is 2.04. The van der Waals surface area contributed by atoms with Crippen LogP contribution in [0.1, 0.15) is 11.1 Å². The largest absolute Gasteiger partial charge is 0.335 e.